The van der Waals surface area contributed by atoms with Gasteiger partial charge in [-0.05, 0) is 0 Å². The van der Waals surface area contributed by atoms with Crippen LogP contribution in [0.5, 0.6) is 0 Å². The maximum absolute atomic E-state index is 7.50. The molecule has 0 aromatic carbocycles. The Bertz CT molecular complexity index is 127. The van der Waals surface area contributed by atoms with Crippen LogP contribution in [0.15, 0.2) is 0 Å². The van der Waals surface area contributed by atoms with Gasteiger partial charge in [-0.2, -0.15) is 0 Å². The molecule has 6 nitrogen and oxygen atoms in total. The Labute approximate surface area is 154 Å². The minimum absolute atomic E-state index is 0. The second kappa shape index (κ2) is 562. The molecule has 0 aliphatic heterocycles. The van der Waals surface area contributed by atoms with Gasteiger partial charge in [0.05, 0.1) is 0 Å². The van der Waals surface area contributed by atoms with Gasteiger partial charge in [0.2, 0.25) is 0 Å². The molecule has 0 atom stereocenters. The van der Waals surface area contributed by atoms with Crippen molar-refractivity contribution in [2.24, 2.45) is 0 Å². The summed E-state index contributed by atoms with van der Waals surface area (Å²) in [6.07, 6.45) is 0. The SMILES string of the molecule is [C-]#[O+].[C-]#[O+].[C-]#[O+].[C-]#[O+].[C-]#[O+].[C-]#[O+].[Fe].[Fe].[Te]CC[Te]. The Morgan fingerprint density at radius 2 is 0.500 bits per heavy atom. The van der Waals surface area contributed by atoms with E-state index in [1.807, 2.05) is 0 Å². The molecule has 0 rings (SSSR count). The van der Waals surface area contributed by atoms with Gasteiger partial charge < -0.3 is 0 Å². The fraction of sp³-hybridized carbons (Fsp3) is 0.250. The van der Waals surface area contributed by atoms with Crippen LogP contribution in [0.1, 0.15) is 0 Å². The molecule has 0 bridgehead atoms. The molecule has 2 radical (unpaired) electrons. The quantitative estimate of drug-likeness (QED) is 0.242. The van der Waals surface area contributed by atoms with Crippen LogP contribution in [0, 0.1) is 39.9 Å². The van der Waals surface area contributed by atoms with E-state index in [1.165, 1.54) is 8.94 Å². The number of hydrogen-bond donors (Lipinski definition) is 0. The summed E-state index contributed by atoms with van der Waals surface area (Å²) in [5.74, 6) is 0. The van der Waals surface area contributed by atoms with Gasteiger partial charge in [0.1, 0.15) is 0 Å². The predicted molar refractivity (Wildman–Crippen MR) is 44.7 cm³/mol. The van der Waals surface area contributed by atoms with Crippen molar-refractivity contribution in [2.75, 3.05) is 0 Å². The van der Waals surface area contributed by atoms with Crippen molar-refractivity contribution >= 4 is 44.6 Å². The zero-order chi connectivity index (χ0) is 15.4. The van der Waals surface area contributed by atoms with Gasteiger partial charge in [-0.25, -0.2) is 0 Å². The average molecular weight is 563 g/mol. The van der Waals surface area contributed by atoms with Crippen molar-refractivity contribution in [3.63, 3.8) is 0 Å². The summed E-state index contributed by atoms with van der Waals surface area (Å²) in [5, 5.41) is 0. The second-order valence-electron chi connectivity index (χ2n) is 0.408. The molecule has 0 aromatic rings. The predicted octanol–water partition coefficient (Wildman–Crippen LogP) is -0.0701. The van der Waals surface area contributed by atoms with Crippen LogP contribution in [-0.2, 0) is 62.1 Å². The summed E-state index contributed by atoms with van der Waals surface area (Å²) < 4.78 is 47.7. The van der Waals surface area contributed by atoms with Crippen molar-refractivity contribution in [1.29, 1.82) is 0 Å². The van der Waals surface area contributed by atoms with E-state index in [9.17, 15) is 0 Å². The number of hydrogen-bond acceptors (Lipinski definition) is 0. The third-order valence-electron chi connectivity index (χ3n) is 0.0833. The normalized spacial score (nSPS) is 2.33. The van der Waals surface area contributed by atoms with Gasteiger partial charge in [0, 0.05) is 34.1 Å². The van der Waals surface area contributed by atoms with E-state index in [2.05, 4.69) is 84.5 Å². The molecule has 0 N–H and O–H groups in total. The van der Waals surface area contributed by atoms with Crippen molar-refractivity contribution in [3.8, 4) is 0 Å². The van der Waals surface area contributed by atoms with Crippen LogP contribution in [-0.4, -0.2) is 44.6 Å². The third-order valence-corrected chi connectivity index (χ3v) is 3.75. The van der Waals surface area contributed by atoms with E-state index in [1.54, 1.807) is 0 Å². The molecule has 100 valence electrons. The summed E-state index contributed by atoms with van der Waals surface area (Å²) in [7, 11) is 0. The van der Waals surface area contributed by atoms with Crippen molar-refractivity contribution in [3.05, 3.63) is 39.9 Å². The Morgan fingerprint density at radius 3 is 0.500 bits per heavy atom. The molecule has 0 heterocycles. The summed E-state index contributed by atoms with van der Waals surface area (Å²) in [4.78, 5) is 0. The Hall–Kier alpha value is 1.06. The van der Waals surface area contributed by atoms with Crippen LogP contribution in [0.2, 0.25) is 8.94 Å². The maximum atomic E-state index is 7.50. The molecule has 0 aliphatic carbocycles. The molecule has 0 aromatic heterocycles. The first kappa shape index (κ1) is 61.4. The summed E-state index contributed by atoms with van der Waals surface area (Å²) in [6, 6.07) is 0. The monoisotopic (exact) mass is 568 g/mol. The zero-order valence-corrected chi connectivity index (χ0v) is 15.3. The molecular weight excluding hydrogens is 559 g/mol. The first-order valence-corrected chi connectivity index (χ1v) is 5.60. The van der Waals surface area contributed by atoms with Crippen LogP contribution < -0.4 is 0 Å². The van der Waals surface area contributed by atoms with E-state index in [0.29, 0.717) is 0 Å². The molecule has 18 heavy (non-hydrogen) atoms. The van der Waals surface area contributed by atoms with Gasteiger partial charge in [-0.15, -0.1) is 0 Å². The average Bonchev–Trinajstić information content (AvgIpc) is 2.51. The van der Waals surface area contributed by atoms with Crippen molar-refractivity contribution in [1.82, 2.24) is 0 Å². The molecule has 10 heteroatoms. The number of rotatable bonds is 1. The van der Waals surface area contributed by atoms with E-state index < -0.39 is 0 Å². The molecule has 0 spiro atoms. The van der Waals surface area contributed by atoms with Gasteiger partial charge in [-0.1, -0.05) is 0 Å². The fourth-order valence-electron chi connectivity index (χ4n) is 0. The Morgan fingerprint density at radius 1 is 0.444 bits per heavy atom. The first-order valence-electron chi connectivity index (χ1n) is 2.30. The van der Waals surface area contributed by atoms with E-state index in [0.717, 1.165) is 0 Å². The Kier molecular flexibility index (Phi) is 1920. The van der Waals surface area contributed by atoms with E-state index >= 15 is 0 Å². The zero-order valence-electron chi connectivity index (χ0n) is 8.39. The molecule has 0 fully saturated rings. The fourth-order valence-corrected chi connectivity index (χ4v) is 0. The standard InChI is InChI=1S/C2H4Te2.6CO.2Fe/c3-1-2-4;6*1-2;;/h1-2H2;;;;;;;;. The van der Waals surface area contributed by atoms with Crippen molar-refractivity contribution < 1.29 is 62.1 Å². The Balaban J connectivity index is -0.00000000758. The second-order valence-corrected chi connectivity index (χ2v) is 2.74. The van der Waals surface area contributed by atoms with Crippen LogP contribution in [0.3, 0.4) is 0 Å². The van der Waals surface area contributed by atoms with Gasteiger partial charge in [0.25, 0.3) is 0 Å². The third kappa shape index (κ3) is 1040. The van der Waals surface area contributed by atoms with E-state index in [-0.39, 0.29) is 34.1 Å². The van der Waals surface area contributed by atoms with Crippen LogP contribution in [0.4, 0.5) is 0 Å². The molecule has 0 unspecified atom stereocenters. The van der Waals surface area contributed by atoms with E-state index in [4.69, 9.17) is 27.9 Å². The van der Waals surface area contributed by atoms with Crippen molar-refractivity contribution in [2.45, 2.75) is 8.94 Å². The molecule has 0 aliphatic rings. The van der Waals surface area contributed by atoms with Crippen LogP contribution >= 0.6 is 0 Å². The molecule has 0 saturated carbocycles. The minimum atomic E-state index is 0. The van der Waals surface area contributed by atoms with Gasteiger partial charge in [-0.3, -0.25) is 0 Å². The molecular formula is C8H4Fe2O6Te2. The summed E-state index contributed by atoms with van der Waals surface area (Å²) in [5.41, 5.74) is 0. The first-order chi connectivity index (χ1) is 7.91. The topological polar surface area (TPSA) is 119 Å². The molecule has 0 saturated heterocycles. The summed E-state index contributed by atoms with van der Waals surface area (Å²) >= 11 is 4.25. The van der Waals surface area contributed by atoms with Crippen LogP contribution in [0.25, 0.3) is 0 Å². The molecule has 0 amide bonds. The van der Waals surface area contributed by atoms with Gasteiger partial charge in [0.15, 0.2) is 0 Å². The van der Waals surface area contributed by atoms with Gasteiger partial charge >= 0.3 is 121 Å². The summed E-state index contributed by atoms with van der Waals surface area (Å²) in [6.45, 7) is 27.0.